The van der Waals surface area contributed by atoms with E-state index in [-0.39, 0.29) is 86.7 Å². The van der Waals surface area contributed by atoms with Gasteiger partial charge < -0.3 is 9.47 Å². The van der Waals surface area contributed by atoms with Crippen molar-refractivity contribution >= 4 is 39.4 Å². The topological polar surface area (TPSA) is 86.7 Å². The summed E-state index contributed by atoms with van der Waals surface area (Å²) in [5.74, 6) is 0.0636. The molecule has 0 aromatic heterocycles. The van der Waals surface area contributed by atoms with Gasteiger partial charge in [0, 0.05) is 31.1 Å². The summed E-state index contributed by atoms with van der Waals surface area (Å²) in [6.07, 6.45) is 5.81. The van der Waals surface area contributed by atoms with E-state index in [0.29, 0.717) is 12.8 Å². The first-order valence-electron chi connectivity index (χ1n) is 13.9. The van der Waals surface area contributed by atoms with Crippen molar-refractivity contribution in [1.82, 2.24) is 0 Å². The molecule has 0 saturated heterocycles. The fourth-order valence-electron chi connectivity index (χ4n) is 9.33. The van der Waals surface area contributed by atoms with Crippen molar-refractivity contribution in [3.05, 3.63) is 0 Å². The monoisotopic (exact) mass is 566 g/mol. The minimum absolute atomic E-state index is 0.0542. The van der Waals surface area contributed by atoms with Crippen LogP contribution >= 0.6 is 15.9 Å². The summed E-state index contributed by atoms with van der Waals surface area (Å²) in [6.45, 7) is 10.2. The maximum absolute atomic E-state index is 14.3. The van der Waals surface area contributed by atoms with E-state index in [2.05, 4.69) is 43.6 Å². The van der Waals surface area contributed by atoms with Crippen molar-refractivity contribution < 1.29 is 28.7 Å². The molecule has 0 bridgehead atoms. The largest absolute Gasteiger partial charge is 0.469 e. The van der Waals surface area contributed by atoms with Gasteiger partial charge in [-0.1, -0.05) is 43.6 Å². The predicted octanol–water partition coefficient (Wildman–Crippen LogP) is 5.53. The molecule has 0 heterocycles. The highest BCUT2D eigenvalue weighted by Gasteiger charge is 2.70. The molecule has 11 atom stereocenters. The molecule has 0 radical (unpaired) electrons. The molecule has 0 N–H and O–H groups in total. The van der Waals surface area contributed by atoms with Crippen molar-refractivity contribution in [3.63, 3.8) is 0 Å². The Morgan fingerprint density at radius 3 is 2.42 bits per heavy atom. The molecule has 4 saturated carbocycles. The van der Waals surface area contributed by atoms with Gasteiger partial charge in [-0.15, -0.1) is 0 Å². The highest BCUT2D eigenvalue weighted by atomic mass is 79.9. The van der Waals surface area contributed by atoms with Gasteiger partial charge in [0.25, 0.3) is 0 Å². The lowest BCUT2D eigenvalue weighted by Crippen LogP contribution is -2.66. The van der Waals surface area contributed by atoms with Gasteiger partial charge in [0.2, 0.25) is 0 Å². The number of ether oxygens (including phenoxy) is 2. The maximum Gasteiger partial charge on any atom is 0.305 e. The van der Waals surface area contributed by atoms with Gasteiger partial charge in [0.05, 0.1) is 11.9 Å². The number of fused-ring (bicyclic) bond motifs is 5. The van der Waals surface area contributed by atoms with Crippen LogP contribution in [0, 0.1) is 52.3 Å². The van der Waals surface area contributed by atoms with Crippen molar-refractivity contribution in [2.45, 2.75) is 96.9 Å². The van der Waals surface area contributed by atoms with E-state index in [1.807, 2.05) is 0 Å². The molecule has 0 aromatic rings. The molecule has 0 aliphatic heterocycles. The minimum Gasteiger partial charge on any atom is -0.469 e. The molecule has 4 rings (SSSR count). The number of alkyl halides is 1. The highest BCUT2D eigenvalue weighted by Crippen LogP contribution is 2.69. The van der Waals surface area contributed by atoms with Crippen LogP contribution in [0.1, 0.15) is 86.0 Å². The second-order valence-corrected chi connectivity index (χ2v) is 13.5. The molecular formula is C29H43BrO6. The summed E-state index contributed by atoms with van der Waals surface area (Å²) >= 11 is 3.90. The Bertz CT molecular complexity index is 917. The Hall–Kier alpha value is -1.24. The molecule has 4 unspecified atom stereocenters. The van der Waals surface area contributed by atoms with E-state index in [1.54, 1.807) is 0 Å². The molecule has 7 heteroatoms. The summed E-state index contributed by atoms with van der Waals surface area (Å²) in [4.78, 5) is 51.7. The molecule has 4 aliphatic rings. The minimum atomic E-state index is -0.320. The van der Waals surface area contributed by atoms with Crippen LogP contribution in [0.15, 0.2) is 0 Å². The lowest BCUT2D eigenvalue weighted by atomic mass is 9.41. The maximum atomic E-state index is 14.3. The Kier molecular flexibility index (Phi) is 7.83. The number of halogens is 1. The first-order chi connectivity index (χ1) is 16.9. The van der Waals surface area contributed by atoms with Gasteiger partial charge in [-0.3, -0.25) is 19.2 Å². The van der Waals surface area contributed by atoms with Gasteiger partial charge in [-0.05, 0) is 79.4 Å². The summed E-state index contributed by atoms with van der Waals surface area (Å²) < 4.78 is 10.5. The standard InChI is InChI=1S/C29H43BrO6/c1-7-18-21-14-17(36-16(3)31)12-13-28(21,4)24-23(25(18)33)20-10-9-19(15(2)8-11-22(32)35-6)29(20,5)27(30)26(24)34/h15,17-21,23-24,27H,7-14H2,1-6H3/t15-,17-,18-,19-,20?,21+,23?,24?,27?,28+,29-/m1/s1. The average Bonchev–Trinajstić information content (AvgIpc) is 3.19. The Morgan fingerprint density at radius 1 is 1.11 bits per heavy atom. The normalized spacial score (nSPS) is 44.8. The molecule has 4 fully saturated rings. The molecule has 202 valence electrons. The number of Topliss-reactive ketones (excluding diaryl/α,β-unsaturated/α-hetero) is 2. The van der Waals surface area contributed by atoms with Crippen LogP contribution in [0.3, 0.4) is 0 Å². The second-order valence-electron chi connectivity index (χ2n) is 12.6. The van der Waals surface area contributed by atoms with E-state index in [4.69, 9.17) is 9.47 Å². The molecule has 6 nitrogen and oxygen atoms in total. The van der Waals surface area contributed by atoms with Crippen LogP contribution in [0.2, 0.25) is 0 Å². The summed E-state index contributed by atoms with van der Waals surface area (Å²) in [7, 11) is 1.42. The van der Waals surface area contributed by atoms with Crippen LogP contribution in [0.25, 0.3) is 0 Å². The number of carbonyl (C=O) groups is 4. The van der Waals surface area contributed by atoms with Crippen LogP contribution in [0.4, 0.5) is 0 Å². The number of hydrogen-bond donors (Lipinski definition) is 0. The van der Waals surface area contributed by atoms with Crippen LogP contribution in [-0.2, 0) is 28.7 Å². The second kappa shape index (κ2) is 10.1. The lowest BCUT2D eigenvalue weighted by molar-refractivity contribution is -0.182. The number of rotatable bonds is 6. The van der Waals surface area contributed by atoms with Gasteiger partial charge >= 0.3 is 11.9 Å². The van der Waals surface area contributed by atoms with E-state index in [9.17, 15) is 19.2 Å². The van der Waals surface area contributed by atoms with E-state index < -0.39 is 0 Å². The number of methoxy groups -OCH3 is 1. The first kappa shape index (κ1) is 27.8. The number of esters is 2. The SMILES string of the molecule is CC[C@H]1C(=O)C2C3CC[C@H]([C@H](C)CCC(=O)OC)[C@@]3(C)C(Br)C(=O)C2[C@@]2(C)CC[C@@H](OC(C)=O)C[C@@H]12. The van der Waals surface area contributed by atoms with Crippen LogP contribution < -0.4 is 0 Å². The number of hydrogen-bond acceptors (Lipinski definition) is 6. The highest BCUT2D eigenvalue weighted by molar-refractivity contribution is 9.10. The van der Waals surface area contributed by atoms with Gasteiger partial charge in [0.15, 0.2) is 5.78 Å². The molecule has 0 aromatic carbocycles. The molecular weight excluding hydrogens is 524 g/mol. The van der Waals surface area contributed by atoms with E-state index in [1.165, 1.54) is 14.0 Å². The first-order valence-corrected chi connectivity index (χ1v) is 14.8. The molecule has 0 amide bonds. The zero-order valence-electron chi connectivity index (χ0n) is 22.7. The molecule has 36 heavy (non-hydrogen) atoms. The summed E-state index contributed by atoms with van der Waals surface area (Å²) in [5, 5.41) is 0. The predicted molar refractivity (Wildman–Crippen MR) is 139 cm³/mol. The average molecular weight is 568 g/mol. The third kappa shape index (κ3) is 4.19. The number of carbonyl (C=O) groups excluding carboxylic acids is 4. The lowest BCUT2D eigenvalue weighted by Gasteiger charge is -2.62. The molecule has 4 aliphatic carbocycles. The van der Waals surface area contributed by atoms with Crippen LogP contribution in [-0.4, -0.2) is 41.5 Å². The fourth-order valence-corrected chi connectivity index (χ4v) is 10.3. The van der Waals surface area contributed by atoms with Crippen molar-refractivity contribution in [2.24, 2.45) is 52.3 Å². The zero-order valence-corrected chi connectivity index (χ0v) is 24.3. The Morgan fingerprint density at radius 2 is 1.81 bits per heavy atom. The van der Waals surface area contributed by atoms with E-state index in [0.717, 1.165) is 38.5 Å². The Labute approximate surface area is 224 Å². The fraction of sp³-hybridized carbons (Fsp3) is 0.862. The zero-order chi connectivity index (χ0) is 26.6. The smallest absolute Gasteiger partial charge is 0.305 e. The van der Waals surface area contributed by atoms with Crippen molar-refractivity contribution in [2.75, 3.05) is 7.11 Å². The van der Waals surface area contributed by atoms with Crippen molar-refractivity contribution in [1.29, 1.82) is 0 Å². The molecule has 0 spiro atoms. The Balaban J connectivity index is 1.67. The summed E-state index contributed by atoms with van der Waals surface area (Å²) in [5.41, 5.74) is -0.588. The number of ketones is 2. The third-order valence-corrected chi connectivity index (χ3v) is 12.5. The van der Waals surface area contributed by atoms with Gasteiger partial charge in [-0.2, -0.15) is 0 Å². The third-order valence-electron chi connectivity index (χ3n) is 11.0. The van der Waals surface area contributed by atoms with Crippen molar-refractivity contribution in [3.8, 4) is 0 Å². The van der Waals surface area contributed by atoms with E-state index >= 15 is 0 Å². The quantitative estimate of drug-likeness (QED) is 0.310. The van der Waals surface area contributed by atoms with Gasteiger partial charge in [-0.25, -0.2) is 0 Å². The summed E-state index contributed by atoms with van der Waals surface area (Å²) in [6, 6.07) is 0. The van der Waals surface area contributed by atoms with Gasteiger partial charge in [0.1, 0.15) is 11.9 Å². The van der Waals surface area contributed by atoms with Crippen LogP contribution in [0.5, 0.6) is 0 Å².